The predicted octanol–water partition coefficient (Wildman–Crippen LogP) is 4.77. The Labute approximate surface area is 177 Å². The summed E-state index contributed by atoms with van der Waals surface area (Å²) in [6.45, 7) is 2.02. The summed E-state index contributed by atoms with van der Waals surface area (Å²) in [6.07, 6.45) is 0.0718. The van der Waals surface area contributed by atoms with E-state index in [4.69, 9.17) is 0 Å². The quantitative estimate of drug-likeness (QED) is 0.751. The van der Waals surface area contributed by atoms with Gasteiger partial charge < -0.3 is 5.32 Å². The summed E-state index contributed by atoms with van der Waals surface area (Å²) in [5, 5.41) is 5.22. The summed E-state index contributed by atoms with van der Waals surface area (Å²) in [5.74, 6) is 0. The highest BCUT2D eigenvalue weighted by Crippen LogP contribution is 2.47. The topological polar surface area (TPSA) is 48.5 Å². The zero-order valence-corrected chi connectivity index (χ0v) is 18.0. The van der Waals surface area contributed by atoms with Crippen LogP contribution in [0.2, 0.25) is 0 Å². The number of halogens is 3. The molecule has 3 heterocycles. The molecular weight excluding hydrogens is 413 g/mol. The van der Waals surface area contributed by atoms with Crippen LogP contribution in [-0.2, 0) is 11.7 Å². The Hall–Kier alpha value is -2.13. The Morgan fingerprint density at radius 1 is 1.23 bits per heavy atom. The minimum Gasteiger partial charge on any atom is -0.330 e. The van der Waals surface area contributed by atoms with E-state index in [0.717, 1.165) is 37.9 Å². The van der Waals surface area contributed by atoms with Gasteiger partial charge in [-0.15, -0.1) is 11.3 Å². The lowest BCUT2D eigenvalue weighted by molar-refractivity contribution is -0.141. The smallest absolute Gasteiger partial charge is 0.330 e. The Morgan fingerprint density at radius 3 is 2.47 bits per heavy atom. The van der Waals surface area contributed by atoms with Crippen molar-refractivity contribution in [3.05, 3.63) is 45.9 Å². The lowest BCUT2D eigenvalue weighted by atomic mass is 9.71. The molecule has 1 aliphatic heterocycles. The molecule has 2 aliphatic rings. The Bertz CT molecular complexity index is 934. The summed E-state index contributed by atoms with van der Waals surface area (Å²) in [4.78, 5) is 21.4. The highest BCUT2D eigenvalue weighted by molar-refractivity contribution is 7.10. The molecule has 1 spiro atoms. The van der Waals surface area contributed by atoms with Gasteiger partial charge in [0.05, 0.1) is 29.5 Å². The Morgan fingerprint density at radius 2 is 1.93 bits per heavy atom. The molecule has 162 valence electrons. The number of anilines is 1. The summed E-state index contributed by atoms with van der Waals surface area (Å²) in [6, 6.07) is 4.96. The first-order valence-electron chi connectivity index (χ1n) is 9.91. The van der Waals surface area contributed by atoms with Crippen LogP contribution in [0, 0.1) is 6.92 Å². The molecule has 1 saturated carbocycles. The van der Waals surface area contributed by atoms with Crippen molar-refractivity contribution in [2.75, 3.05) is 25.5 Å². The number of aromatic nitrogens is 1. The molecule has 1 aliphatic carbocycles. The third-order valence-electron chi connectivity index (χ3n) is 6.61. The first-order valence-corrected chi connectivity index (χ1v) is 10.8. The Balaban J connectivity index is 1.55. The predicted molar refractivity (Wildman–Crippen MR) is 111 cm³/mol. The van der Waals surface area contributed by atoms with Crippen molar-refractivity contribution in [1.29, 1.82) is 0 Å². The molecule has 30 heavy (non-hydrogen) atoms. The largest absolute Gasteiger partial charge is 0.433 e. The molecule has 0 radical (unpaired) electrons. The first-order chi connectivity index (χ1) is 14.1. The molecule has 0 atom stereocenters. The first kappa shape index (κ1) is 21.1. The standard InChI is InChI=1S/C21H25F3N4OS/c1-14-11-16(21(22,23)24)25-12-15(14)28-13-19(26-18(28)29)6-8-20(9-7-19,27(2)3)17-5-4-10-30-17/h4-5,10-12H,6-9,13H2,1-3H3,(H,26,29)/t19-,20-. The second kappa shape index (κ2) is 7.23. The normalized spacial score (nSPS) is 27.2. The minimum absolute atomic E-state index is 0.0522. The number of pyridine rings is 1. The molecular formula is C21H25F3N4OS. The fourth-order valence-corrected chi connectivity index (χ4v) is 5.84. The number of nitrogens with one attached hydrogen (secondary N) is 1. The van der Waals surface area contributed by atoms with Crippen molar-refractivity contribution in [1.82, 2.24) is 15.2 Å². The van der Waals surface area contributed by atoms with Crippen LogP contribution in [0.25, 0.3) is 0 Å². The number of hydrogen-bond donors (Lipinski definition) is 1. The molecule has 1 saturated heterocycles. The molecule has 4 rings (SSSR count). The fraction of sp³-hybridized carbons (Fsp3) is 0.524. The highest BCUT2D eigenvalue weighted by atomic mass is 32.1. The van der Waals surface area contributed by atoms with Gasteiger partial charge in [0.2, 0.25) is 0 Å². The summed E-state index contributed by atoms with van der Waals surface area (Å²) in [5.41, 5.74) is -0.545. The molecule has 1 N–H and O–H groups in total. The van der Waals surface area contributed by atoms with Gasteiger partial charge in [-0.25, -0.2) is 9.78 Å². The van der Waals surface area contributed by atoms with Gasteiger partial charge >= 0.3 is 12.2 Å². The number of aryl methyl sites for hydroxylation is 1. The number of carbonyl (C=O) groups is 1. The van der Waals surface area contributed by atoms with Gasteiger partial charge in [0, 0.05) is 4.88 Å². The van der Waals surface area contributed by atoms with Gasteiger partial charge in [-0.2, -0.15) is 13.2 Å². The van der Waals surface area contributed by atoms with E-state index < -0.39 is 11.9 Å². The van der Waals surface area contributed by atoms with Crippen LogP contribution >= 0.6 is 11.3 Å². The number of amides is 2. The fourth-order valence-electron chi connectivity index (χ4n) is 4.77. The van der Waals surface area contributed by atoms with E-state index in [1.165, 1.54) is 9.78 Å². The second-order valence-corrected chi connectivity index (χ2v) is 9.50. The van der Waals surface area contributed by atoms with E-state index in [-0.39, 0.29) is 17.1 Å². The van der Waals surface area contributed by atoms with Crippen LogP contribution < -0.4 is 10.2 Å². The van der Waals surface area contributed by atoms with E-state index in [1.54, 1.807) is 18.3 Å². The van der Waals surface area contributed by atoms with E-state index in [2.05, 4.69) is 46.8 Å². The minimum atomic E-state index is -4.50. The lowest BCUT2D eigenvalue weighted by Gasteiger charge is -2.47. The molecule has 2 fully saturated rings. The van der Waals surface area contributed by atoms with E-state index in [0.29, 0.717) is 17.8 Å². The molecule has 0 aromatic carbocycles. The maximum Gasteiger partial charge on any atom is 0.433 e. The maximum absolute atomic E-state index is 12.9. The number of carbonyl (C=O) groups excluding carboxylic acids is 1. The van der Waals surface area contributed by atoms with Gasteiger partial charge in [-0.05, 0) is 69.8 Å². The molecule has 2 aromatic heterocycles. The number of alkyl halides is 3. The van der Waals surface area contributed by atoms with Gasteiger partial charge in [-0.1, -0.05) is 6.07 Å². The molecule has 9 heteroatoms. The van der Waals surface area contributed by atoms with E-state index >= 15 is 0 Å². The maximum atomic E-state index is 12.9. The van der Waals surface area contributed by atoms with Gasteiger partial charge in [-0.3, -0.25) is 9.80 Å². The Kier molecular flexibility index (Phi) is 5.09. The molecule has 0 unspecified atom stereocenters. The van der Waals surface area contributed by atoms with Crippen molar-refractivity contribution in [2.45, 2.75) is 49.9 Å². The monoisotopic (exact) mass is 438 g/mol. The van der Waals surface area contributed by atoms with Crippen LogP contribution in [-0.4, -0.2) is 42.1 Å². The van der Waals surface area contributed by atoms with E-state index in [9.17, 15) is 18.0 Å². The van der Waals surface area contributed by atoms with Crippen molar-refractivity contribution in [3.8, 4) is 0 Å². The van der Waals surface area contributed by atoms with Crippen LogP contribution in [0.4, 0.5) is 23.7 Å². The zero-order valence-electron chi connectivity index (χ0n) is 17.2. The third-order valence-corrected chi connectivity index (χ3v) is 7.68. The number of rotatable bonds is 3. The molecule has 2 amide bonds. The van der Waals surface area contributed by atoms with Crippen LogP contribution in [0.15, 0.2) is 29.8 Å². The average molecular weight is 439 g/mol. The number of hydrogen-bond acceptors (Lipinski definition) is 4. The van der Waals surface area contributed by atoms with Crippen LogP contribution in [0.1, 0.15) is 41.8 Å². The number of urea groups is 1. The van der Waals surface area contributed by atoms with Gasteiger partial charge in [0.15, 0.2) is 0 Å². The highest BCUT2D eigenvalue weighted by Gasteiger charge is 2.51. The van der Waals surface area contributed by atoms with E-state index in [1.807, 2.05) is 0 Å². The zero-order chi connectivity index (χ0) is 21.7. The van der Waals surface area contributed by atoms with Crippen LogP contribution in [0.5, 0.6) is 0 Å². The summed E-state index contributed by atoms with van der Waals surface area (Å²) < 4.78 is 38.8. The number of nitrogens with zero attached hydrogens (tertiary/aromatic N) is 3. The van der Waals surface area contributed by atoms with Crippen molar-refractivity contribution in [3.63, 3.8) is 0 Å². The molecule has 0 bridgehead atoms. The number of thiophene rings is 1. The van der Waals surface area contributed by atoms with Gasteiger partial charge in [0.1, 0.15) is 5.69 Å². The summed E-state index contributed by atoms with van der Waals surface area (Å²) in [7, 11) is 4.18. The molecule has 2 aromatic rings. The average Bonchev–Trinajstić information content (AvgIpc) is 3.31. The lowest BCUT2D eigenvalue weighted by Crippen LogP contribution is -2.53. The molecule has 5 nitrogen and oxygen atoms in total. The van der Waals surface area contributed by atoms with Gasteiger partial charge in [0.25, 0.3) is 0 Å². The summed E-state index contributed by atoms with van der Waals surface area (Å²) >= 11 is 1.75. The van der Waals surface area contributed by atoms with Crippen molar-refractivity contribution in [2.24, 2.45) is 0 Å². The second-order valence-electron chi connectivity index (χ2n) is 8.55. The SMILES string of the molecule is Cc1cc(C(F)(F)F)ncc1N1C[C@]2(CC[C@@](c3cccs3)(N(C)C)CC2)NC1=O. The van der Waals surface area contributed by atoms with Crippen molar-refractivity contribution < 1.29 is 18.0 Å². The van der Waals surface area contributed by atoms with Crippen molar-refractivity contribution >= 4 is 23.1 Å². The van der Waals surface area contributed by atoms with Crippen LogP contribution in [0.3, 0.4) is 0 Å². The third kappa shape index (κ3) is 3.47.